The van der Waals surface area contributed by atoms with E-state index in [9.17, 15) is 9.59 Å². The minimum atomic E-state index is -0.343. The van der Waals surface area contributed by atoms with Crippen LogP contribution in [0.25, 0.3) is 0 Å². The zero-order valence-corrected chi connectivity index (χ0v) is 13.2. The molecule has 0 saturated carbocycles. The number of carbonyl (C=O) groups excluding carboxylic acids is 2. The molecule has 2 aromatic carbocycles. The molecule has 23 heavy (non-hydrogen) atoms. The Morgan fingerprint density at radius 1 is 0.957 bits per heavy atom. The Morgan fingerprint density at radius 2 is 1.57 bits per heavy atom. The van der Waals surface area contributed by atoms with E-state index < -0.39 is 0 Å². The molecular formula is C18H14ClNO3. The Kier molecular flexibility index (Phi) is 4.17. The van der Waals surface area contributed by atoms with Crippen molar-refractivity contribution in [2.75, 3.05) is 7.11 Å². The summed E-state index contributed by atoms with van der Waals surface area (Å²) >= 11 is 6.11. The number of Topliss-reactive ketones (excluding diaryl/α,β-unsaturated/α-hetero) is 2. The number of methoxy groups -OCH3 is 1. The van der Waals surface area contributed by atoms with Crippen molar-refractivity contribution >= 4 is 23.2 Å². The average Bonchev–Trinajstić information content (AvgIpc) is 2.60. The summed E-state index contributed by atoms with van der Waals surface area (Å²) in [6, 6.07) is 14.1. The van der Waals surface area contributed by atoms with Crippen molar-refractivity contribution in [1.82, 2.24) is 5.32 Å². The first-order valence-corrected chi connectivity index (χ1v) is 7.45. The number of hydrogen-bond acceptors (Lipinski definition) is 4. The Hall–Kier alpha value is -2.59. The zero-order valence-electron chi connectivity index (χ0n) is 12.4. The van der Waals surface area contributed by atoms with Crippen molar-refractivity contribution in [3.8, 4) is 5.75 Å². The molecule has 0 heterocycles. The van der Waals surface area contributed by atoms with Gasteiger partial charge in [0.1, 0.15) is 16.5 Å². The molecule has 0 radical (unpaired) electrons. The molecule has 2 aromatic rings. The summed E-state index contributed by atoms with van der Waals surface area (Å²) in [4.78, 5) is 24.9. The van der Waals surface area contributed by atoms with Gasteiger partial charge in [-0.15, -0.1) is 0 Å². The summed E-state index contributed by atoms with van der Waals surface area (Å²) in [5, 5.41) is 2.90. The van der Waals surface area contributed by atoms with Crippen molar-refractivity contribution in [2.45, 2.75) is 6.54 Å². The van der Waals surface area contributed by atoms with Crippen LogP contribution in [0, 0.1) is 0 Å². The highest BCUT2D eigenvalue weighted by Crippen LogP contribution is 2.27. The molecule has 0 bridgehead atoms. The molecule has 0 spiro atoms. The number of fused-ring (bicyclic) bond motifs is 1. The van der Waals surface area contributed by atoms with Gasteiger partial charge in [0.2, 0.25) is 11.6 Å². The smallest absolute Gasteiger partial charge is 0.211 e. The predicted octanol–water partition coefficient (Wildman–Crippen LogP) is 3.31. The third-order valence-electron chi connectivity index (χ3n) is 3.71. The number of allylic oxidation sites excluding steroid dienone is 2. The van der Waals surface area contributed by atoms with Crippen LogP contribution in [0.5, 0.6) is 5.75 Å². The fourth-order valence-corrected chi connectivity index (χ4v) is 2.79. The number of ketones is 2. The van der Waals surface area contributed by atoms with Crippen LogP contribution in [-0.2, 0) is 6.54 Å². The second-order valence-electron chi connectivity index (χ2n) is 5.06. The molecule has 5 heteroatoms. The predicted molar refractivity (Wildman–Crippen MR) is 87.8 cm³/mol. The van der Waals surface area contributed by atoms with Crippen molar-refractivity contribution in [1.29, 1.82) is 0 Å². The van der Waals surface area contributed by atoms with Gasteiger partial charge in [-0.25, -0.2) is 0 Å². The van der Waals surface area contributed by atoms with Crippen molar-refractivity contribution in [3.05, 3.63) is 76.0 Å². The van der Waals surface area contributed by atoms with Crippen molar-refractivity contribution < 1.29 is 14.3 Å². The van der Waals surface area contributed by atoms with Crippen molar-refractivity contribution in [2.24, 2.45) is 0 Å². The molecule has 0 aliphatic heterocycles. The van der Waals surface area contributed by atoms with Crippen LogP contribution in [0.4, 0.5) is 0 Å². The van der Waals surface area contributed by atoms with Gasteiger partial charge in [0.15, 0.2) is 0 Å². The fourth-order valence-electron chi connectivity index (χ4n) is 2.54. The van der Waals surface area contributed by atoms with Gasteiger partial charge in [-0.3, -0.25) is 9.59 Å². The second-order valence-corrected chi connectivity index (χ2v) is 5.44. The molecule has 0 amide bonds. The topological polar surface area (TPSA) is 55.4 Å². The molecule has 116 valence electrons. The highest BCUT2D eigenvalue weighted by atomic mass is 35.5. The Morgan fingerprint density at radius 3 is 2.26 bits per heavy atom. The highest BCUT2D eigenvalue weighted by molar-refractivity contribution is 6.49. The van der Waals surface area contributed by atoms with Gasteiger partial charge in [-0.1, -0.05) is 54.1 Å². The van der Waals surface area contributed by atoms with Gasteiger partial charge in [-0.05, 0) is 6.07 Å². The van der Waals surface area contributed by atoms with E-state index in [1.807, 2.05) is 24.3 Å². The lowest BCUT2D eigenvalue weighted by molar-refractivity contribution is 0.0974. The minimum Gasteiger partial charge on any atom is -0.496 e. The molecule has 4 nitrogen and oxygen atoms in total. The van der Waals surface area contributed by atoms with Crippen molar-refractivity contribution in [3.63, 3.8) is 0 Å². The van der Waals surface area contributed by atoms with E-state index in [1.54, 1.807) is 31.4 Å². The molecule has 0 unspecified atom stereocenters. The molecule has 3 rings (SSSR count). The Balaban J connectivity index is 1.90. The molecule has 0 fully saturated rings. The number of nitrogens with one attached hydrogen (secondary N) is 1. The molecule has 1 aliphatic carbocycles. The lowest BCUT2D eigenvalue weighted by Gasteiger charge is -2.19. The lowest BCUT2D eigenvalue weighted by atomic mass is 9.92. The third kappa shape index (κ3) is 2.73. The van der Waals surface area contributed by atoms with Crippen LogP contribution in [0.15, 0.2) is 59.3 Å². The maximum absolute atomic E-state index is 12.6. The van der Waals surface area contributed by atoms with E-state index >= 15 is 0 Å². The molecular weight excluding hydrogens is 314 g/mol. The van der Waals surface area contributed by atoms with Crippen LogP contribution in [-0.4, -0.2) is 18.7 Å². The van der Waals surface area contributed by atoms with Crippen LogP contribution >= 0.6 is 11.6 Å². The summed E-state index contributed by atoms with van der Waals surface area (Å²) in [6.45, 7) is 0.330. The van der Waals surface area contributed by atoms with Gasteiger partial charge in [0.25, 0.3) is 0 Å². The first-order valence-electron chi connectivity index (χ1n) is 7.07. The number of rotatable bonds is 4. The van der Waals surface area contributed by atoms with Gasteiger partial charge in [-0.2, -0.15) is 0 Å². The molecule has 0 atom stereocenters. The number of carbonyl (C=O) groups is 2. The van der Waals surface area contributed by atoms with E-state index in [0.29, 0.717) is 23.4 Å². The highest BCUT2D eigenvalue weighted by Gasteiger charge is 2.31. The van der Waals surface area contributed by atoms with Crippen LogP contribution in [0.2, 0.25) is 0 Å². The van der Waals surface area contributed by atoms with Crippen LogP contribution in [0.1, 0.15) is 26.3 Å². The summed E-state index contributed by atoms with van der Waals surface area (Å²) in [5.41, 5.74) is 1.70. The van der Waals surface area contributed by atoms with Gasteiger partial charge >= 0.3 is 0 Å². The second kappa shape index (κ2) is 6.26. The summed E-state index contributed by atoms with van der Waals surface area (Å²) in [5.74, 6) is 0.0798. The van der Waals surface area contributed by atoms with E-state index in [1.165, 1.54) is 0 Å². The fraction of sp³-hybridized carbons (Fsp3) is 0.111. The van der Waals surface area contributed by atoms with Crippen LogP contribution < -0.4 is 10.1 Å². The number of para-hydroxylation sites is 1. The number of benzene rings is 2. The Bertz CT molecular complexity index is 827. The quantitative estimate of drug-likeness (QED) is 0.936. The van der Waals surface area contributed by atoms with E-state index in [0.717, 1.165) is 5.56 Å². The molecule has 1 aliphatic rings. The Labute approximate surface area is 138 Å². The minimum absolute atomic E-state index is 0.0800. The number of ether oxygens (including phenoxy) is 1. The maximum atomic E-state index is 12.6. The number of halogens is 1. The van der Waals surface area contributed by atoms with E-state index in [2.05, 4.69) is 5.32 Å². The average molecular weight is 328 g/mol. The SMILES string of the molecule is COc1ccccc1CNC1=C(Cl)C(=O)c2ccccc2C1=O. The zero-order chi connectivity index (χ0) is 16.4. The molecule has 1 N–H and O–H groups in total. The standard InChI is InChI=1S/C18H14ClNO3/c1-23-14-9-5-2-6-11(14)10-20-16-15(19)17(21)12-7-3-4-8-13(12)18(16)22/h2-9,20H,10H2,1H3. The van der Waals surface area contributed by atoms with E-state index in [-0.39, 0.29) is 22.3 Å². The molecule has 0 saturated heterocycles. The first-order chi connectivity index (χ1) is 11.1. The summed E-state index contributed by atoms with van der Waals surface area (Å²) in [6.07, 6.45) is 0. The summed E-state index contributed by atoms with van der Waals surface area (Å²) in [7, 11) is 1.58. The van der Waals surface area contributed by atoms with E-state index in [4.69, 9.17) is 16.3 Å². The monoisotopic (exact) mass is 327 g/mol. The van der Waals surface area contributed by atoms with Crippen LogP contribution in [0.3, 0.4) is 0 Å². The van der Waals surface area contributed by atoms with Gasteiger partial charge < -0.3 is 10.1 Å². The maximum Gasteiger partial charge on any atom is 0.211 e. The van der Waals surface area contributed by atoms with Gasteiger partial charge in [0.05, 0.1) is 7.11 Å². The molecule has 0 aromatic heterocycles. The first kappa shape index (κ1) is 15.3. The number of hydrogen-bond donors (Lipinski definition) is 1. The normalized spacial score (nSPS) is 13.8. The largest absolute Gasteiger partial charge is 0.496 e. The van der Waals surface area contributed by atoms with Gasteiger partial charge in [0, 0.05) is 23.2 Å². The third-order valence-corrected chi connectivity index (χ3v) is 4.07. The summed E-state index contributed by atoms with van der Waals surface area (Å²) < 4.78 is 5.28. The lowest BCUT2D eigenvalue weighted by Crippen LogP contribution is -2.28.